The summed E-state index contributed by atoms with van der Waals surface area (Å²) in [5.41, 5.74) is -4.60. The van der Waals surface area contributed by atoms with Crippen LogP contribution in [0.3, 0.4) is 0 Å². The van der Waals surface area contributed by atoms with E-state index in [0.29, 0.717) is 12.8 Å². The standard InChI is InChI=1S/C41H74N6O18/c1-11-40(8,9)65-37(57)47-30-27(51)33(59-20-41(30,10)58)62-28-23(44-31(52)25(49)14-15-43-35(55)63-38(2,3)4)18-24(46-36(56)64-39(5,6)7)29(26(28)50)61-32-22(45-34(53)54)13-12-21(60-32)19-42-16-17-48/h21-30,32-33,42,45,48-51,58H,11-20H2,1-10H3,(H,43,55)(H,44,52)(H,46,56)(H,47,57)(H,53,54)/t21-,22+,23+,24-,25-,26+,27+,28-,29+,30+,32+,33+,41-/m0/s1. The minimum atomic E-state index is -1.90. The molecule has 0 spiro atoms. The SMILES string of the molecule is CCC(C)(C)OC(=O)N[C@@H]1[C@@H](O)[C@@H](O[C@@H]2[C@@H](O)[C@H](O[C@H]3O[C@H](CNCCO)CC[C@H]3NC(=O)O)[C@@H](NC(=O)OC(C)(C)C)C[C@H]2NC(=O)[C@@H](O)CCNC(=O)OC(C)(C)C)OC[C@]1(C)O. The molecule has 376 valence electrons. The second-order valence-electron chi connectivity index (χ2n) is 19.4. The first-order valence-electron chi connectivity index (χ1n) is 22.0. The van der Waals surface area contributed by atoms with E-state index in [2.05, 4.69) is 31.9 Å². The summed E-state index contributed by atoms with van der Waals surface area (Å²) in [4.78, 5) is 64.1. The number of carbonyl (C=O) groups is 5. The first-order valence-corrected chi connectivity index (χ1v) is 22.0. The molecule has 1 aliphatic carbocycles. The van der Waals surface area contributed by atoms with E-state index in [1.807, 2.05) is 0 Å². The van der Waals surface area contributed by atoms with E-state index in [1.165, 1.54) is 6.92 Å². The quantitative estimate of drug-likeness (QED) is 0.0617. The van der Waals surface area contributed by atoms with E-state index in [0.717, 1.165) is 0 Å². The summed E-state index contributed by atoms with van der Waals surface area (Å²) in [7, 11) is 0. The molecule has 1 saturated carbocycles. The van der Waals surface area contributed by atoms with Crippen molar-refractivity contribution in [3.8, 4) is 0 Å². The maximum absolute atomic E-state index is 13.7. The van der Waals surface area contributed by atoms with Gasteiger partial charge in [-0.3, -0.25) is 4.79 Å². The molecule has 3 rings (SSSR count). The second kappa shape index (κ2) is 23.7. The zero-order valence-corrected chi connectivity index (χ0v) is 39.1. The Morgan fingerprint density at radius 2 is 1.35 bits per heavy atom. The number of carbonyl (C=O) groups excluding carboxylic acids is 4. The largest absolute Gasteiger partial charge is 0.465 e. The van der Waals surface area contributed by atoms with Crippen LogP contribution in [0.25, 0.3) is 0 Å². The van der Waals surface area contributed by atoms with E-state index in [1.54, 1.807) is 62.3 Å². The number of carboxylic acid groups (broad SMARTS) is 1. The normalized spacial score (nSPS) is 31.4. The highest BCUT2D eigenvalue weighted by molar-refractivity contribution is 5.81. The smallest absolute Gasteiger partial charge is 0.408 e. The molecule has 0 bridgehead atoms. The zero-order chi connectivity index (χ0) is 49.1. The van der Waals surface area contributed by atoms with Gasteiger partial charge in [0.25, 0.3) is 0 Å². The number of amides is 5. The van der Waals surface area contributed by atoms with Gasteiger partial charge in [0.05, 0.1) is 43.5 Å². The van der Waals surface area contributed by atoms with Gasteiger partial charge in [-0.1, -0.05) is 6.92 Å². The van der Waals surface area contributed by atoms with E-state index < -0.39 is 133 Å². The van der Waals surface area contributed by atoms with Gasteiger partial charge in [0, 0.05) is 19.6 Å². The highest BCUT2D eigenvalue weighted by Gasteiger charge is 2.54. The third-order valence-electron chi connectivity index (χ3n) is 10.7. The topological polar surface area (TPSA) is 344 Å². The van der Waals surface area contributed by atoms with Crippen molar-refractivity contribution in [1.82, 2.24) is 31.9 Å². The number of rotatable bonds is 18. The molecular formula is C41H74N6O18. The molecule has 24 nitrogen and oxygen atoms in total. The molecule has 2 aliphatic heterocycles. The Morgan fingerprint density at radius 3 is 1.94 bits per heavy atom. The fourth-order valence-electron chi connectivity index (χ4n) is 7.22. The maximum Gasteiger partial charge on any atom is 0.408 e. The fourth-order valence-corrected chi connectivity index (χ4v) is 7.22. The summed E-state index contributed by atoms with van der Waals surface area (Å²) in [5, 5.41) is 80.8. The van der Waals surface area contributed by atoms with Crippen molar-refractivity contribution in [3.63, 3.8) is 0 Å². The van der Waals surface area contributed by atoms with Gasteiger partial charge < -0.3 is 95.7 Å². The Hall–Kier alpha value is -3.85. The number of ether oxygens (including phenoxy) is 7. The van der Waals surface area contributed by atoms with Crippen molar-refractivity contribution < 1.29 is 87.8 Å². The minimum Gasteiger partial charge on any atom is -0.465 e. The first-order chi connectivity index (χ1) is 30.0. The van der Waals surface area contributed by atoms with Crippen LogP contribution in [-0.4, -0.2) is 190 Å². The molecule has 0 aromatic carbocycles. The summed E-state index contributed by atoms with van der Waals surface area (Å²) in [6.07, 6.45) is -16.1. The highest BCUT2D eigenvalue weighted by Crippen LogP contribution is 2.34. The van der Waals surface area contributed by atoms with Gasteiger partial charge >= 0.3 is 24.4 Å². The molecule has 65 heavy (non-hydrogen) atoms. The van der Waals surface area contributed by atoms with Gasteiger partial charge in [-0.05, 0) is 94.4 Å². The van der Waals surface area contributed by atoms with Gasteiger partial charge in [0.1, 0.15) is 52.9 Å². The third kappa shape index (κ3) is 18.1. The lowest BCUT2D eigenvalue weighted by Gasteiger charge is -2.49. The molecule has 2 saturated heterocycles. The molecule has 3 aliphatic rings. The number of nitrogens with one attached hydrogen (secondary N) is 6. The van der Waals surface area contributed by atoms with Crippen LogP contribution in [0.1, 0.15) is 101 Å². The van der Waals surface area contributed by atoms with Gasteiger partial charge in [0.15, 0.2) is 12.6 Å². The highest BCUT2D eigenvalue weighted by atomic mass is 16.7. The van der Waals surface area contributed by atoms with Crippen LogP contribution < -0.4 is 31.9 Å². The summed E-state index contributed by atoms with van der Waals surface area (Å²) in [6, 6.07) is -5.08. The van der Waals surface area contributed by atoms with Crippen molar-refractivity contribution in [2.75, 3.05) is 32.8 Å². The number of aliphatic hydroxyl groups is 5. The van der Waals surface area contributed by atoms with Crippen molar-refractivity contribution in [2.45, 2.75) is 197 Å². The Morgan fingerprint density at radius 1 is 0.769 bits per heavy atom. The van der Waals surface area contributed by atoms with Crippen LogP contribution in [0.15, 0.2) is 0 Å². The fraction of sp³-hybridized carbons (Fsp3) is 0.878. The van der Waals surface area contributed by atoms with Gasteiger partial charge in [0.2, 0.25) is 5.91 Å². The monoisotopic (exact) mass is 939 g/mol. The van der Waals surface area contributed by atoms with Crippen molar-refractivity contribution >= 4 is 30.3 Å². The lowest BCUT2D eigenvalue weighted by molar-refractivity contribution is -0.308. The van der Waals surface area contributed by atoms with Crippen LogP contribution in [0.2, 0.25) is 0 Å². The molecule has 0 aromatic heterocycles. The number of hydrogen-bond acceptors (Lipinski definition) is 18. The summed E-state index contributed by atoms with van der Waals surface area (Å²) >= 11 is 0. The van der Waals surface area contributed by atoms with E-state index >= 15 is 0 Å². The average Bonchev–Trinajstić information content (AvgIpc) is 3.16. The van der Waals surface area contributed by atoms with Gasteiger partial charge in [-0.2, -0.15) is 0 Å². The summed E-state index contributed by atoms with van der Waals surface area (Å²) in [6.45, 7) is 15.9. The summed E-state index contributed by atoms with van der Waals surface area (Å²) < 4.78 is 40.8. The van der Waals surface area contributed by atoms with E-state index in [4.69, 9.17) is 33.2 Å². The molecule has 13 atom stereocenters. The average molecular weight is 939 g/mol. The van der Waals surface area contributed by atoms with Crippen LogP contribution >= 0.6 is 0 Å². The van der Waals surface area contributed by atoms with Crippen molar-refractivity contribution in [2.24, 2.45) is 0 Å². The Balaban J connectivity index is 2.03. The predicted octanol–water partition coefficient (Wildman–Crippen LogP) is -0.350. The van der Waals surface area contributed by atoms with Gasteiger partial charge in [-0.25, -0.2) is 19.2 Å². The second-order valence-corrected chi connectivity index (χ2v) is 19.4. The van der Waals surface area contributed by atoms with Crippen LogP contribution in [-0.2, 0) is 38.0 Å². The molecule has 5 amide bonds. The lowest BCUT2D eigenvalue weighted by atomic mass is 9.82. The third-order valence-corrected chi connectivity index (χ3v) is 10.7. The lowest BCUT2D eigenvalue weighted by Crippen LogP contribution is -2.71. The Bertz CT molecular complexity index is 1580. The molecule has 0 radical (unpaired) electrons. The summed E-state index contributed by atoms with van der Waals surface area (Å²) in [5.74, 6) is -0.995. The minimum absolute atomic E-state index is 0.157. The molecular weight excluding hydrogens is 864 g/mol. The molecule has 0 aromatic rings. The zero-order valence-electron chi connectivity index (χ0n) is 39.1. The van der Waals surface area contributed by atoms with E-state index in [9.17, 15) is 54.6 Å². The van der Waals surface area contributed by atoms with Crippen LogP contribution in [0, 0.1) is 0 Å². The molecule has 3 fully saturated rings. The number of hydrogen-bond donors (Lipinski definition) is 12. The molecule has 24 heteroatoms. The molecule has 2 heterocycles. The number of alkyl carbamates (subject to hydrolysis) is 3. The number of aliphatic hydroxyl groups excluding tert-OH is 4. The van der Waals surface area contributed by atoms with Gasteiger partial charge in [-0.15, -0.1) is 0 Å². The maximum atomic E-state index is 13.7. The van der Waals surface area contributed by atoms with Crippen LogP contribution in [0.5, 0.6) is 0 Å². The van der Waals surface area contributed by atoms with E-state index in [-0.39, 0.29) is 45.5 Å². The Labute approximate surface area is 379 Å². The Kier molecular flexibility index (Phi) is 20.3. The molecule has 12 N–H and O–H groups in total. The predicted molar refractivity (Wildman–Crippen MR) is 227 cm³/mol. The van der Waals surface area contributed by atoms with Crippen molar-refractivity contribution in [3.05, 3.63) is 0 Å². The molecule has 0 unspecified atom stereocenters. The van der Waals surface area contributed by atoms with Crippen LogP contribution in [0.4, 0.5) is 19.2 Å². The first kappa shape index (κ1) is 55.5. The van der Waals surface area contributed by atoms with Crippen molar-refractivity contribution in [1.29, 1.82) is 0 Å².